The molecule has 1 amide bonds. The number of thiophene rings is 1. The minimum absolute atomic E-state index is 0.139. The Morgan fingerprint density at radius 2 is 2.14 bits per heavy atom. The summed E-state index contributed by atoms with van der Waals surface area (Å²) in [6, 6.07) is 9.17. The van der Waals surface area contributed by atoms with Crippen molar-refractivity contribution in [3.05, 3.63) is 57.6 Å². The van der Waals surface area contributed by atoms with Crippen LogP contribution in [0.4, 0.5) is 5.69 Å². The maximum atomic E-state index is 12.7. The maximum Gasteiger partial charge on any atom is 0.352 e. The van der Waals surface area contributed by atoms with E-state index in [1.807, 2.05) is 18.2 Å². The summed E-state index contributed by atoms with van der Waals surface area (Å²) in [7, 11) is 0. The number of benzene rings is 1. The molecule has 142 valence electrons. The van der Waals surface area contributed by atoms with Gasteiger partial charge in [-0.3, -0.25) is 4.79 Å². The average molecular weight is 393 g/mol. The minimum atomic E-state index is -0.350. The number of rotatable bonds is 3. The predicted molar refractivity (Wildman–Crippen MR) is 109 cm³/mol. The number of para-hydroxylation sites is 1. The van der Waals surface area contributed by atoms with Crippen LogP contribution >= 0.6 is 11.3 Å². The molecule has 0 bridgehead atoms. The molecule has 5 rings (SSSR count). The molecule has 0 spiro atoms. The number of hydrogen-bond donors (Lipinski definition) is 1. The summed E-state index contributed by atoms with van der Waals surface area (Å²) in [4.78, 5) is 31.9. The van der Waals surface area contributed by atoms with Gasteiger partial charge in [0, 0.05) is 10.6 Å². The molecule has 1 atom stereocenters. The second-order valence-corrected chi connectivity index (χ2v) is 8.41. The average Bonchev–Trinajstić information content (AvgIpc) is 3.19. The largest absolute Gasteiger partial charge is 0.352 e. The fourth-order valence-corrected chi connectivity index (χ4v) is 5.17. The summed E-state index contributed by atoms with van der Waals surface area (Å²) in [5.74, 6) is 0.375. The maximum absolute atomic E-state index is 12.7. The van der Waals surface area contributed by atoms with Gasteiger partial charge < -0.3 is 5.32 Å². The van der Waals surface area contributed by atoms with E-state index in [9.17, 15) is 9.59 Å². The number of aryl methyl sites for hydroxylation is 1. The van der Waals surface area contributed by atoms with E-state index in [1.54, 1.807) is 23.5 Å². The van der Waals surface area contributed by atoms with E-state index in [4.69, 9.17) is 0 Å². The molecule has 1 N–H and O–H groups in total. The van der Waals surface area contributed by atoms with Gasteiger partial charge in [0.25, 0.3) is 0 Å². The Kier molecular flexibility index (Phi) is 4.01. The summed E-state index contributed by atoms with van der Waals surface area (Å²) < 4.78 is 2.66. The van der Waals surface area contributed by atoms with E-state index in [0.717, 1.165) is 29.5 Å². The minimum Gasteiger partial charge on any atom is -0.324 e. The van der Waals surface area contributed by atoms with E-state index in [1.165, 1.54) is 25.9 Å². The van der Waals surface area contributed by atoms with Gasteiger partial charge in [-0.25, -0.2) is 18.9 Å². The smallest absolute Gasteiger partial charge is 0.324 e. The van der Waals surface area contributed by atoms with Crippen molar-refractivity contribution >= 4 is 38.8 Å². The Morgan fingerprint density at radius 3 is 2.96 bits per heavy atom. The van der Waals surface area contributed by atoms with Gasteiger partial charge in [-0.2, -0.15) is 0 Å². The highest BCUT2D eigenvalue weighted by Gasteiger charge is 2.24. The van der Waals surface area contributed by atoms with E-state index in [0.29, 0.717) is 17.3 Å². The second kappa shape index (κ2) is 6.56. The molecule has 0 unspecified atom stereocenters. The van der Waals surface area contributed by atoms with Gasteiger partial charge in [-0.05, 0) is 42.9 Å². The van der Waals surface area contributed by atoms with Gasteiger partial charge in [0.2, 0.25) is 5.91 Å². The third kappa shape index (κ3) is 2.80. The molecule has 1 aromatic carbocycles. The van der Waals surface area contributed by atoms with E-state index in [2.05, 4.69) is 22.3 Å². The molecule has 4 aromatic rings. The van der Waals surface area contributed by atoms with Crippen LogP contribution in [0.25, 0.3) is 15.9 Å². The highest BCUT2D eigenvalue weighted by molar-refractivity contribution is 7.19. The van der Waals surface area contributed by atoms with Crippen molar-refractivity contribution in [2.24, 2.45) is 5.92 Å². The molecule has 0 saturated carbocycles. The predicted octanol–water partition coefficient (Wildman–Crippen LogP) is 2.87. The number of amides is 1. The van der Waals surface area contributed by atoms with Gasteiger partial charge >= 0.3 is 5.69 Å². The lowest BCUT2D eigenvalue weighted by atomic mass is 9.89. The lowest BCUT2D eigenvalue weighted by molar-refractivity contribution is -0.117. The lowest BCUT2D eigenvalue weighted by Crippen LogP contribution is -2.28. The topological polar surface area (TPSA) is 81.3 Å². The molecular formula is C20H19N5O2S. The molecule has 0 saturated heterocycles. The third-order valence-electron chi connectivity index (χ3n) is 5.23. The van der Waals surface area contributed by atoms with Gasteiger partial charge in [-0.1, -0.05) is 25.1 Å². The molecular weight excluding hydrogens is 374 g/mol. The Balaban J connectivity index is 1.54. The third-order valence-corrected chi connectivity index (χ3v) is 6.39. The monoisotopic (exact) mass is 393 g/mol. The van der Waals surface area contributed by atoms with Crippen LogP contribution in [0.2, 0.25) is 0 Å². The number of carbonyl (C=O) groups is 1. The quantitative estimate of drug-likeness (QED) is 0.580. The number of anilines is 1. The number of aromatic nitrogens is 4. The normalized spacial score (nSPS) is 16.4. The van der Waals surface area contributed by atoms with Crippen LogP contribution in [-0.4, -0.2) is 25.1 Å². The molecule has 28 heavy (non-hydrogen) atoms. The highest BCUT2D eigenvalue weighted by Crippen LogP contribution is 2.38. The van der Waals surface area contributed by atoms with Crippen molar-refractivity contribution in [2.75, 3.05) is 5.32 Å². The van der Waals surface area contributed by atoms with Crippen molar-refractivity contribution in [3.8, 4) is 0 Å². The van der Waals surface area contributed by atoms with Gasteiger partial charge in [0.15, 0.2) is 5.65 Å². The van der Waals surface area contributed by atoms with Crippen molar-refractivity contribution in [2.45, 2.75) is 32.7 Å². The summed E-state index contributed by atoms with van der Waals surface area (Å²) in [5, 5.41) is 8.25. The van der Waals surface area contributed by atoms with Crippen LogP contribution in [0.15, 0.2) is 41.5 Å². The van der Waals surface area contributed by atoms with Crippen molar-refractivity contribution < 1.29 is 4.79 Å². The molecule has 1 aliphatic carbocycles. The SMILES string of the molecule is C[C@@H]1CCc2c(sc3ncn4c(=O)n(CC(=O)Nc5ccccc5)nc4c23)C1. The van der Waals surface area contributed by atoms with Crippen LogP contribution in [0, 0.1) is 5.92 Å². The lowest BCUT2D eigenvalue weighted by Gasteiger charge is -2.17. The molecule has 8 heteroatoms. The number of fused-ring (bicyclic) bond motifs is 5. The number of hydrogen-bond acceptors (Lipinski definition) is 5. The zero-order valence-corrected chi connectivity index (χ0v) is 16.2. The molecule has 3 aromatic heterocycles. The molecule has 1 aliphatic rings. The second-order valence-electron chi connectivity index (χ2n) is 7.32. The van der Waals surface area contributed by atoms with Crippen molar-refractivity contribution in [1.82, 2.24) is 19.2 Å². The van der Waals surface area contributed by atoms with Gasteiger partial charge in [0.05, 0.1) is 5.39 Å². The molecule has 0 fully saturated rings. The molecule has 0 aliphatic heterocycles. The van der Waals surface area contributed by atoms with Crippen molar-refractivity contribution in [3.63, 3.8) is 0 Å². The molecule has 3 heterocycles. The van der Waals surface area contributed by atoms with Gasteiger partial charge in [0.1, 0.15) is 17.7 Å². The van der Waals surface area contributed by atoms with Crippen LogP contribution in [0.3, 0.4) is 0 Å². The van der Waals surface area contributed by atoms with Crippen molar-refractivity contribution in [1.29, 1.82) is 0 Å². The fourth-order valence-electron chi connectivity index (χ4n) is 3.82. The van der Waals surface area contributed by atoms with E-state index >= 15 is 0 Å². The Hall–Kier alpha value is -3.00. The zero-order valence-electron chi connectivity index (χ0n) is 15.4. The first-order chi connectivity index (χ1) is 13.6. The number of carbonyl (C=O) groups excluding carboxylic acids is 1. The first-order valence-corrected chi connectivity index (χ1v) is 10.1. The summed E-state index contributed by atoms with van der Waals surface area (Å²) in [6.45, 7) is 2.13. The Labute approximate surface area is 164 Å². The number of nitrogens with zero attached hydrogens (tertiary/aromatic N) is 4. The Bertz CT molecular complexity index is 1250. The van der Waals surface area contributed by atoms with Crippen LogP contribution in [0.1, 0.15) is 23.8 Å². The molecule has 7 nitrogen and oxygen atoms in total. The van der Waals surface area contributed by atoms with Crippen LogP contribution < -0.4 is 11.0 Å². The van der Waals surface area contributed by atoms with Crippen LogP contribution in [-0.2, 0) is 24.2 Å². The molecule has 0 radical (unpaired) electrons. The Morgan fingerprint density at radius 1 is 1.32 bits per heavy atom. The first kappa shape index (κ1) is 17.1. The highest BCUT2D eigenvalue weighted by atomic mass is 32.1. The van der Waals surface area contributed by atoms with E-state index < -0.39 is 0 Å². The van der Waals surface area contributed by atoms with Crippen LogP contribution in [0.5, 0.6) is 0 Å². The van der Waals surface area contributed by atoms with Gasteiger partial charge in [-0.15, -0.1) is 16.4 Å². The summed E-state index contributed by atoms with van der Waals surface area (Å²) in [5.41, 5.74) is 2.20. The summed E-state index contributed by atoms with van der Waals surface area (Å²) in [6.07, 6.45) is 4.68. The summed E-state index contributed by atoms with van der Waals surface area (Å²) >= 11 is 1.69. The first-order valence-electron chi connectivity index (χ1n) is 9.33. The number of nitrogens with one attached hydrogen (secondary N) is 1. The van der Waals surface area contributed by atoms with E-state index in [-0.39, 0.29) is 18.1 Å². The standard InChI is InChI=1S/C20H19N5O2S/c1-12-7-8-14-15(9-12)28-19-17(14)18-23-25(20(27)24(18)11-21-19)10-16(26)22-13-5-3-2-4-6-13/h2-6,11-12H,7-10H2,1H3,(H,22,26)/t12-/m1/s1. The fraction of sp³-hybridized carbons (Fsp3) is 0.300. The zero-order chi connectivity index (χ0) is 19.3.